The van der Waals surface area contributed by atoms with Crippen LogP contribution in [-0.4, -0.2) is 20.3 Å². The summed E-state index contributed by atoms with van der Waals surface area (Å²) in [4.78, 5) is 13.3. The van der Waals surface area contributed by atoms with Gasteiger partial charge in [-0.15, -0.1) is 0 Å². The number of hydrogen-bond acceptors (Lipinski definition) is 4. The molecular weight excluding hydrogens is 390 g/mol. The van der Waals surface area contributed by atoms with Crippen LogP contribution in [-0.2, 0) is 11.3 Å². The van der Waals surface area contributed by atoms with E-state index in [1.165, 1.54) is 51.4 Å². The van der Waals surface area contributed by atoms with Gasteiger partial charge in [0.25, 0.3) is 0 Å². The molecule has 4 saturated carbocycles. The van der Waals surface area contributed by atoms with E-state index in [9.17, 15) is 4.79 Å². The molecule has 4 aliphatic carbocycles. The molecule has 1 heterocycles. The van der Waals surface area contributed by atoms with E-state index in [1.54, 1.807) is 16.9 Å². The molecule has 4 nitrogen and oxygen atoms in total. The Morgan fingerprint density at radius 2 is 1.97 bits per heavy atom. The lowest BCUT2D eigenvalue weighted by atomic mass is 9.49. The largest absolute Gasteiger partial charge is 0.297 e. The highest BCUT2D eigenvalue weighted by atomic mass is 32.1. The normalized spacial score (nSPS) is 45.1. The van der Waals surface area contributed by atoms with Crippen LogP contribution in [0.1, 0.15) is 77.3 Å². The summed E-state index contributed by atoms with van der Waals surface area (Å²) in [5.74, 6) is 4.66. The average molecular weight is 426 g/mol. The third kappa shape index (κ3) is 3.34. The van der Waals surface area contributed by atoms with Gasteiger partial charge in [0.05, 0.1) is 6.54 Å². The van der Waals surface area contributed by atoms with Gasteiger partial charge in [-0.2, -0.15) is 23.0 Å². The lowest BCUT2D eigenvalue weighted by Gasteiger charge is -2.57. The average Bonchev–Trinajstić information content (AvgIpc) is 3.30. The van der Waals surface area contributed by atoms with Crippen molar-refractivity contribution in [3.05, 3.63) is 18.0 Å². The van der Waals surface area contributed by atoms with Crippen molar-refractivity contribution in [2.24, 2.45) is 40.9 Å². The predicted molar refractivity (Wildman–Crippen MR) is 120 cm³/mol. The first-order valence-corrected chi connectivity index (χ1v) is 12.4. The Labute approximate surface area is 186 Å². The van der Waals surface area contributed by atoms with E-state index in [-0.39, 0.29) is 16.1 Å². The number of nitriles is 1. The van der Waals surface area contributed by atoms with Gasteiger partial charge in [0.1, 0.15) is 6.07 Å². The Balaban J connectivity index is 1.30. The molecule has 0 saturated heterocycles. The fraction of sp³-hybridized carbons (Fsp3) is 0.800. The second kappa shape index (κ2) is 7.40. The first-order valence-electron chi connectivity index (χ1n) is 12.0. The first kappa shape index (κ1) is 20.6. The van der Waals surface area contributed by atoms with Gasteiger partial charge >= 0.3 is 0 Å². The maximum Gasteiger partial charge on any atom is 0.162 e. The molecule has 5 rings (SSSR count). The Bertz CT molecular complexity index is 870. The van der Waals surface area contributed by atoms with Crippen molar-refractivity contribution in [1.82, 2.24) is 9.78 Å². The van der Waals surface area contributed by atoms with Crippen LogP contribution < -0.4 is 0 Å². The third-order valence-electron chi connectivity index (χ3n) is 9.70. The van der Waals surface area contributed by atoms with E-state index in [0.29, 0.717) is 23.9 Å². The number of carbonyl (C=O) groups excluding carboxylic acids is 1. The maximum absolute atomic E-state index is 13.3. The van der Waals surface area contributed by atoms with Crippen LogP contribution in [0.2, 0.25) is 0 Å². The summed E-state index contributed by atoms with van der Waals surface area (Å²) in [6.45, 7) is 5.07. The molecule has 162 valence electrons. The number of fused-ring (bicyclic) bond motifs is 5. The molecule has 4 aliphatic rings. The Morgan fingerprint density at radius 1 is 1.17 bits per heavy atom. The number of aromatic nitrogens is 2. The number of thiol groups is 1. The molecule has 0 aromatic carbocycles. The lowest BCUT2D eigenvalue weighted by Crippen LogP contribution is -2.50. The Hall–Kier alpha value is -1.28. The van der Waals surface area contributed by atoms with Gasteiger partial charge in [0, 0.05) is 16.9 Å². The Kier molecular flexibility index (Phi) is 5.08. The minimum absolute atomic E-state index is 0.156. The van der Waals surface area contributed by atoms with Gasteiger partial charge in [-0.3, -0.25) is 9.48 Å². The molecule has 5 heteroatoms. The van der Waals surface area contributed by atoms with E-state index in [4.69, 9.17) is 17.9 Å². The number of nitrogens with zero attached hydrogens (tertiary/aromatic N) is 3. The summed E-state index contributed by atoms with van der Waals surface area (Å²) in [6, 6.07) is 3.74. The molecule has 1 aromatic heterocycles. The van der Waals surface area contributed by atoms with E-state index < -0.39 is 0 Å². The fourth-order valence-corrected chi connectivity index (χ4v) is 8.75. The molecule has 0 spiro atoms. The van der Waals surface area contributed by atoms with Gasteiger partial charge in [0.2, 0.25) is 0 Å². The summed E-state index contributed by atoms with van der Waals surface area (Å²) in [5.41, 5.74) is 0.545. The molecule has 1 aromatic rings. The molecule has 0 bridgehead atoms. The molecule has 4 fully saturated rings. The van der Waals surface area contributed by atoms with Crippen molar-refractivity contribution in [3.8, 4) is 6.07 Å². The molecule has 0 aliphatic heterocycles. The molecule has 0 unspecified atom stereocenters. The van der Waals surface area contributed by atoms with E-state index in [0.717, 1.165) is 30.1 Å². The summed E-state index contributed by atoms with van der Waals surface area (Å²) in [6.07, 6.45) is 13.2. The number of ketones is 1. The van der Waals surface area contributed by atoms with Crippen LogP contribution in [0.15, 0.2) is 12.3 Å². The van der Waals surface area contributed by atoms with Crippen molar-refractivity contribution in [2.45, 2.75) is 82.9 Å². The van der Waals surface area contributed by atoms with Crippen LogP contribution in [0.4, 0.5) is 0 Å². The van der Waals surface area contributed by atoms with Crippen molar-refractivity contribution in [3.63, 3.8) is 0 Å². The first-order chi connectivity index (χ1) is 14.3. The number of carbonyl (C=O) groups is 1. The van der Waals surface area contributed by atoms with Crippen molar-refractivity contribution >= 4 is 18.4 Å². The summed E-state index contributed by atoms with van der Waals surface area (Å²) >= 11 is 4.95. The highest BCUT2D eigenvalue weighted by Gasteiger charge is 2.58. The monoisotopic (exact) mass is 425 g/mol. The van der Waals surface area contributed by atoms with Gasteiger partial charge in [-0.1, -0.05) is 13.8 Å². The third-order valence-corrected chi connectivity index (χ3v) is 10.1. The number of hydrogen-bond donors (Lipinski definition) is 1. The zero-order chi connectivity index (χ0) is 21.1. The zero-order valence-electron chi connectivity index (χ0n) is 18.4. The van der Waals surface area contributed by atoms with Crippen LogP contribution in [0.25, 0.3) is 0 Å². The quantitative estimate of drug-likeness (QED) is 0.670. The molecule has 0 N–H and O–H groups in total. The highest BCUT2D eigenvalue weighted by Crippen LogP contribution is 2.65. The van der Waals surface area contributed by atoms with Gasteiger partial charge in [-0.25, -0.2) is 0 Å². The van der Waals surface area contributed by atoms with Crippen molar-refractivity contribution in [2.75, 3.05) is 0 Å². The SMILES string of the molecule is C[C@@]1(S)CC[C@H]2[C@H](CC[C@@H]3[C@@H]2CC[C@]2(C)[C@@H](C(=O)Cn4ccc(C#N)n4)CC[C@@H]32)C1. The van der Waals surface area contributed by atoms with E-state index in [2.05, 4.69) is 25.0 Å². The van der Waals surface area contributed by atoms with E-state index >= 15 is 0 Å². The summed E-state index contributed by atoms with van der Waals surface area (Å²) in [7, 11) is 0. The molecule has 30 heavy (non-hydrogen) atoms. The Morgan fingerprint density at radius 3 is 2.73 bits per heavy atom. The fourth-order valence-electron chi connectivity index (χ4n) is 8.39. The second-order valence-corrected chi connectivity index (χ2v) is 12.4. The van der Waals surface area contributed by atoms with Crippen LogP contribution >= 0.6 is 12.6 Å². The minimum atomic E-state index is 0.156. The predicted octanol–water partition coefficient (Wildman–Crippen LogP) is 5.28. The minimum Gasteiger partial charge on any atom is -0.297 e. The number of rotatable bonds is 3. The van der Waals surface area contributed by atoms with Crippen LogP contribution in [0.5, 0.6) is 0 Å². The van der Waals surface area contributed by atoms with Crippen LogP contribution in [0, 0.1) is 52.3 Å². The number of Topliss-reactive ketones (excluding diaryl/α,β-unsaturated/α-hetero) is 1. The molecule has 0 amide bonds. The summed E-state index contributed by atoms with van der Waals surface area (Å²) < 4.78 is 1.89. The maximum atomic E-state index is 13.3. The smallest absolute Gasteiger partial charge is 0.162 e. The highest BCUT2D eigenvalue weighted by molar-refractivity contribution is 7.81. The van der Waals surface area contributed by atoms with Crippen molar-refractivity contribution < 1.29 is 4.79 Å². The van der Waals surface area contributed by atoms with E-state index in [1.807, 2.05) is 0 Å². The molecular formula is C25H35N3OS. The van der Waals surface area contributed by atoms with Crippen molar-refractivity contribution in [1.29, 1.82) is 5.26 Å². The summed E-state index contributed by atoms with van der Waals surface area (Å²) in [5, 5.41) is 13.2. The molecule has 0 radical (unpaired) electrons. The lowest BCUT2D eigenvalue weighted by molar-refractivity contribution is -0.131. The van der Waals surface area contributed by atoms with Gasteiger partial charge in [-0.05, 0) is 98.9 Å². The van der Waals surface area contributed by atoms with Gasteiger partial charge in [0.15, 0.2) is 11.5 Å². The standard InChI is InChI=1S/C25H35N3OS/c1-24(30)10-7-18-16(13-24)3-4-20-19(18)8-11-25(2)21(20)5-6-22(25)23(29)15-28-12-9-17(14-26)27-28/h9,12,16,18-22,30H,3-8,10-11,13,15H2,1-2H3/t16-,18+,19-,20-,21+,22-,24-,25+/m1/s1. The van der Waals surface area contributed by atoms with Crippen LogP contribution in [0.3, 0.4) is 0 Å². The van der Waals surface area contributed by atoms with Gasteiger partial charge < -0.3 is 0 Å². The zero-order valence-corrected chi connectivity index (χ0v) is 19.3. The molecule has 8 atom stereocenters. The second-order valence-electron chi connectivity index (χ2n) is 11.3. The topological polar surface area (TPSA) is 58.7 Å².